The maximum Gasteiger partial charge on any atom is 0.295 e. The molecule has 2 aliphatic rings. The third-order valence-corrected chi connectivity index (χ3v) is 5.69. The van der Waals surface area contributed by atoms with E-state index in [1.54, 1.807) is 17.0 Å². The molecule has 6 nitrogen and oxygen atoms in total. The number of nitrogens with zero attached hydrogens (tertiary/aromatic N) is 2. The van der Waals surface area contributed by atoms with Crippen molar-refractivity contribution in [2.75, 3.05) is 31.6 Å². The Hall–Kier alpha value is -3.28. The smallest absolute Gasteiger partial charge is 0.295 e. The number of amides is 1. The Morgan fingerprint density at radius 3 is 2.73 bits per heavy atom. The Morgan fingerprint density at radius 1 is 1.20 bits per heavy atom. The molecule has 0 saturated carbocycles. The van der Waals surface area contributed by atoms with E-state index < -0.39 is 17.7 Å². The van der Waals surface area contributed by atoms with Gasteiger partial charge in [-0.2, -0.15) is 0 Å². The van der Waals surface area contributed by atoms with Gasteiger partial charge in [-0.05, 0) is 37.1 Å². The van der Waals surface area contributed by atoms with E-state index in [1.807, 2.05) is 56.1 Å². The molecular weight excluding hydrogens is 380 g/mol. The van der Waals surface area contributed by atoms with Gasteiger partial charge in [-0.15, -0.1) is 0 Å². The van der Waals surface area contributed by atoms with Crippen molar-refractivity contribution in [3.8, 4) is 5.75 Å². The van der Waals surface area contributed by atoms with E-state index in [-0.39, 0.29) is 11.3 Å². The van der Waals surface area contributed by atoms with E-state index in [9.17, 15) is 14.7 Å². The molecule has 1 atom stereocenters. The van der Waals surface area contributed by atoms with Crippen LogP contribution in [0.3, 0.4) is 0 Å². The molecule has 6 heteroatoms. The minimum atomic E-state index is -0.644. The first kappa shape index (κ1) is 20.0. The molecule has 2 aromatic rings. The summed E-state index contributed by atoms with van der Waals surface area (Å²) in [6.07, 6.45) is 0.719. The standard InChI is InChI=1S/C24H26N2O4/c1-4-10-26-21(16-7-5-6-15(2)13-16)20(23(28)24(26)29)22(27)17-8-9-19-18(14-17)25(3)11-12-30-19/h5-9,13-14,21,27H,4,10-12H2,1-3H3/b22-20-. The first-order valence-corrected chi connectivity index (χ1v) is 10.3. The van der Waals surface area contributed by atoms with Gasteiger partial charge >= 0.3 is 0 Å². The van der Waals surface area contributed by atoms with Crippen LogP contribution >= 0.6 is 0 Å². The van der Waals surface area contributed by atoms with E-state index in [0.29, 0.717) is 18.7 Å². The lowest BCUT2D eigenvalue weighted by Crippen LogP contribution is -2.30. The lowest BCUT2D eigenvalue weighted by molar-refractivity contribution is -0.139. The maximum absolute atomic E-state index is 13.0. The highest BCUT2D eigenvalue weighted by Gasteiger charge is 2.45. The summed E-state index contributed by atoms with van der Waals surface area (Å²) in [6, 6.07) is 12.5. The van der Waals surface area contributed by atoms with E-state index in [4.69, 9.17) is 4.74 Å². The summed E-state index contributed by atoms with van der Waals surface area (Å²) in [5, 5.41) is 11.2. The van der Waals surface area contributed by atoms with Crippen molar-refractivity contribution in [3.05, 3.63) is 64.7 Å². The number of aliphatic hydroxyl groups is 1. The molecule has 1 unspecified atom stereocenters. The topological polar surface area (TPSA) is 70.1 Å². The SMILES string of the molecule is CCCN1C(=O)C(=O)/C(=C(\O)c2ccc3c(c2)N(C)CCO3)C1c1cccc(C)c1. The van der Waals surface area contributed by atoms with Crippen LogP contribution in [0.15, 0.2) is 48.0 Å². The Bertz CT molecular complexity index is 1040. The van der Waals surface area contributed by atoms with Crippen LogP contribution in [0, 0.1) is 6.92 Å². The molecule has 0 aromatic heterocycles. The molecule has 1 amide bonds. The minimum Gasteiger partial charge on any atom is -0.507 e. The van der Waals surface area contributed by atoms with E-state index in [2.05, 4.69) is 0 Å². The number of anilines is 1. The zero-order chi connectivity index (χ0) is 21.4. The number of fused-ring (bicyclic) bond motifs is 1. The molecule has 0 spiro atoms. The molecule has 1 fully saturated rings. The predicted molar refractivity (Wildman–Crippen MR) is 116 cm³/mol. The molecule has 0 aliphatic carbocycles. The Labute approximate surface area is 176 Å². The maximum atomic E-state index is 13.0. The average Bonchev–Trinajstić information content (AvgIpc) is 2.99. The quantitative estimate of drug-likeness (QED) is 0.477. The van der Waals surface area contributed by atoms with E-state index >= 15 is 0 Å². The molecule has 1 saturated heterocycles. The molecule has 30 heavy (non-hydrogen) atoms. The Morgan fingerprint density at radius 2 is 2.00 bits per heavy atom. The van der Waals surface area contributed by atoms with Crippen LogP contribution in [-0.4, -0.2) is 48.4 Å². The number of rotatable bonds is 4. The number of carbonyl (C=O) groups is 2. The molecule has 0 radical (unpaired) electrons. The number of aliphatic hydroxyl groups excluding tert-OH is 1. The first-order chi connectivity index (χ1) is 14.4. The summed E-state index contributed by atoms with van der Waals surface area (Å²) in [5.41, 5.74) is 3.33. The number of benzene rings is 2. The van der Waals surface area contributed by atoms with Gasteiger partial charge in [0.15, 0.2) is 0 Å². The number of hydrogen-bond donors (Lipinski definition) is 1. The van der Waals surface area contributed by atoms with Gasteiger partial charge in [0.25, 0.3) is 11.7 Å². The van der Waals surface area contributed by atoms with Gasteiger partial charge in [0, 0.05) is 19.2 Å². The molecular formula is C24H26N2O4. The van der Waals surface area contributed by atoms with Crippen molar-refractivity contribution < 1.29 is 19.4 Å². The molecule has 2 aliphatic heterocycles. The van der Waals surface area contributed by atoms with E-state index in [1.165, 1.54) is 0 Å². The van der Waals surface area contributed by atoms with Gasteiger partial charge < -0.3 is 19.6 Å². The summed E-state index contributed by atoms with van der Waals surface area (Å²) < 4.78 is 5.68. The van der Waals surface area contributed by atoms with Crippen LogP contribution in [0.4, 0.5) is 5.69 Å². The lowest BCUT2D eigenvalue weighted by atomic mass is 9.94. The molecule has 156 valence electrons. The normalized spacial score (nSPS) is 20.3. The summed E-state index contributed by atoms with van der Waals surface area (Å²) in [4.78, 5) is 29.4. The number of likely N-dealkylation sites (N-methyl/N-ethyl adjacent to an activating group) is 1. The van der Waals surface area contributed by atoms with Crippen LogP contribution in [0.1, 0.15) is 36.1 Å². The summed E-state index contributed by atoms with van der Waals surface area (Å²) >= 11 is 0. The third kappa shape index (κ3) is 3.32. The van der Waals surface area contributed by atoms with Gasteiger partial charge in [0.05, 0.1) is 23.8 Å². The first-order valence-electron chi connectivity index (χ1n) is 10.3. The Balaban J connectivity index is 1.87. The van der Waals surface area contributed by atoms with Gasteiger partial charge in [-0.1, -0.05) is 36.8 Å². The molecule has 2 aromatic carbocycles. The van der Waals surface area contributed by atoms with Crippen molar-refractivity contribution in [3.63, 3.8) is 0 Å². The van der Waals surface area contributed by atoms with Crippen molar-refractivity contribution in [2.24, 2.45) is 0 Å². The highest BCUT2D eigenvalue weighted by atomic mass is 16.5. The van der Waals surface area contributed by atoms with Gasteiger partial charge in [0.2, 0.25) is 0 Å². The van der Waals surface area contributed by atoms with Crippen LogP contribution in [-0.2, 0) is 9.59 Å². The number of ketones is 1. The van der Waals surface area contributed by atoms with Crippen LogP contribution < -0.4 is 9.64 Å². The summed E-state index contributed by atoms with van der Waals surface area (Å²) in [5.74, 6) is -0.625. The average molecular weight is 406 g/mol. The highest BCUT2D eigenvalue weighted by Crippen LogP contribution is 2.41. The van der Waals surface area contributed by atoms with Gasteiger partial charge in [-0.25, -0.2) is 0 Å². The Kier molecular flexibility index (Phi) is 5.24. The second-order valence-corrected chi connectivity index (χ2v) is 7.86. The van der Waals surface area contributed by atoms with Gasteiger partial charge in [0.1, 0.15) is 18.1 Å². The molecule has 4 rings (SSSR count). The van der Waals surface area contributed by atoms with E-state index in [0.717, 1.165) is 35.5 Å². The number of aryl methyl sites for hydroxylation is 1. The molecule has 2 heterocycles. The molecule has 0 bridgehead atoms. The fraction of sp³-hybridized carbons (Fsp3) is 0.333. The minimum absolute atomic E-state index is 0.137. The van der Waals surface area contributed by atoms with Crippen molar-refractivity contribution >= 4 is 23.1 Å². The number of hydrogen-bond acceptors (Lipinski definition) is 5. The van der Waals surface area contributed by atoms with Crippen molar-refractivity contribution in [2.45, 2.75) is 26.3 Å². The number of Topliss-reactive ketones (excluding diaryl/α,β-unsaturated/α-hetero) is 1. The van der Waals surface area contributed by atoms with Crippen LogP contribution in [0.5, 0.6) is 5.75 Å². The number of likely N-dealkylation sites (tertiary alicyclic amines) is 1. The fourth-order valence-electron chi connectivity index (χ4n) is 4.19. The van der Waals surface area contributed by atoms with Crippen LogP contribution in [0.2, 0.25) is 0 Å². The van der Waals surface area contributed by atoms with Crippen LogP contribution in [0.25, 0.3) is 5.76 Å². The number of ether oxygens (including phenoxy) is 1. The highest BCUT2D eigenvalue weighted by molar-refractivity contribution is 6.46. The summed E-state index contributed by atoms with van der Waals surface area (Å²) in [7, 11) is 1.96. The third-order valence-electron chi connectivity index (χ3n) is 5.69. The predicted octanol–water partition coefficient (Wildman–Crippen LogP) is 3.66. The zero-order valence-corrected chi connectivity index (χ0v) is 17.5. The monoisotopic (exact) mass is 406 g/mol. The summed E-state index contributed by atoms with van der Waals surface area (Å²) in [6.45, 7) is 5.72. The molecule has 1 N–H and O–H groups in total. The largest absolute Gasteiger partial charge is 0.507 e. The van der Waals surface area contributed by atoms with Crippen molar-refractivity contribution in [1.82, 2.24) is 4.90 Å². The second kappa shape index (κ2) is 7.86. The lowest BCUT2D eigenvalue weighted by Gasteiger charge is -2.28. The van der Waals surface area contributed by atoms with Gasteiger partial charge in [-0.3, -0.25) is 9.59 Å². The van der Waals surface area contributed by atoms with Crippen molar-refractivity contribution in [1.29, 1.82) is 0 Å². The number of carbonyl (C=O) groups excluding carboxylic acids is 2. The fourth-order valence-corrected chi connectivity index (χ4v) is 4.19. The second-order valence-electron chi connectivity index (χ2n) is 7.86. The zero-order valence-electron chi connectivity index (χ0n) is 17.5.